The number of allylic oxidation sites excluding steroid dienone is 3. The van der Waals surface area contributed by atoms with Crippen LogP contribution in [0.25, 0.3) is 11.3 Å². The van der Waals surface area contributed by atoms with E-state index in [2.05, 4.69) is 67.6 Å². The van der Waals surface area contributed by atoms with Gasteiger partial charge in [-0.05, 0) is 86.2 Å². The molecule has 3 aromatic rings. The van der Waals surface area contributed by atoms with Crippen molar-refractivity contribution in [2.75, 3.05) is 38.5 Å². The predicted molar refractivity (Wildman–Crippen MR) is 157 cm³/mol. The lowest BCUT2D eigenvalue weighted by Gasteiger charge is -2.40. The summed E-state index contributed by atoms with van der Waals surface area (Å²) in [5.74, 6) is 0.703. The van der Waals surface area contributed by atoms with Gasteiger partial charge in [-0.15, -0.1) is 0 Å². The molecule has 8 heteroatoms. The summed E-state index contributed by atoms with van der Waals surface area (Å²) in [6.45, 7) is 6.60. The fraction of sp³-hybridized carbons (Fsp3) is 0.375. The van der Waals surface area contributed by atoms with Crippen LogP contribution >= 0.6 is 0 Å². The van der Waals surface area contributed by atoms with Crippen LogP contribution in [0.1, 0.15) is 53.7 Å². The first-order valence-electron chi connectivity index (χ1n) is 14.3. The second-order valence-electron chi connectivity index (χ2n) is 11.1. The molecule has 3 aliphatic rings. The van der Waals surface area contributed by atoms with Crippen molar-refractivity contribution < 1.29 is 4.79 Å². The van der Waals surface area contributed by atoms with Crippen LogP contribution in [0.15, 0.2) is 78.5 Å². The Hall–Kier alpha value is -3.88. The molecule has 2 unspecified atom stereocenters. The molecule has 0 saturated carbocycles. The number of carbonyl (C=O) groups is 1. The quantitative estimate of drug-likeness (QED) is 0.468. The van der Waals surface area contributed by atoms with Crippen molar-refractivity contribution in [3.63, 3.8) is 0 Å². The maximum absolute atomic E-state index is 13.3. The number of fused-ring (bicyclic) bond motifs is 1. The van der Waals surface area contributed by atoms with E-state index in [-0.39, 0.29) is 11.8 Å². The van der Waals surface area contributed by atoms with Gasteiger partial charge >= 0.3 is 0 Å². The summed E-state index contributed by atoms with van der Waals surface area (Å²) in [4.78, 5) is 31.6. The van der Waals surface area contributed by atoms with Gasteiger partial charge in [0.25, 0.3) is 5.91 Å². The van der Waals surface area contributed by atoms with Crippen molar-refractivity contribution in [1.82, 2.24) is 30.1 Å². The number of nitrogens with one attached hydrogen (secondary N) is 2. The first kappa shape index (κ1) is 26.3. The van der Waals surface area contributed by atoms with Crippen molar-refractivity contribution in [1.29, 1.82) is 0 Å². The number of rotatable bonds is 6. The second-order valence-corrected chi connectivity index (χ2v) is 11.1. The SMILES string of the molecule is CC1CC=C(NC(=O)c2ccc3c(c2)CCCC3N2CCN(C)CC2)C=C1Nc1nccc(-c2cccnc2)n1. The Morgan fingerprint density at radius 3 is 2.77 bits per heavy atom. The molecule has 0 spiro atoms. The van der Waals surface area contributed by atoms with E-state index < -0.39 is 0 Å². The van der Waals surface area contributed by atoms with E-state index in [0.717, 1.165) is 61.7 Å². The normalized spacial score (nSPS) is 21.6. The molecule has 0 bridgehead atoms. The molecule has 3 heterocycles. The molecule has 2 atom stereocenters. The van der Waals surface area contributed by atoms with Gasteiger partial charge in [-0.3, -0.25) is 14.7 Å². The maximum atomic E-state index is 13.3. The highest BCUT2D eigenvalue weighted by Gasteiger charge is 2.28. The number of likely N-dealkylation sites (N-methyl/N-ethyl adjacent to an activating group) is 1. The Bertz CT molecular complexity index is 1430. The van der Waals surface area contributed by atoms with E-state index in [9.17, 15) is 4.79 Å². The first-order valence-corrected chi connectivity index (χ1v) is 14.3. The molecule has 0 radical (unpaired) electrons. The summed E-state index contributed by atoms with van der Waals surface area (Å²) in [5.41, 5.74) is 6.94. The third-order valence-corrected chi connectivity index (χ3v) is 8.33. The lowest BCUT2D eigenvalue weighted by atomic mass is 9.85. The number of aryl methyl sites for hydroxylation is 1. The molecule has 2 aliphatic carbocycles. The molecule has 1 saturated heterocycles. The zero-order valence-electron chi connectivity index (χ0n) is 23.3. The average Bonchev–Trinajstić information content (AvgIpc) is 2.99. The van der Waals surface area contributed by atoms with Crippen molar-refractivity contribution in [2.45, 2.75) is 38.6 Å². The number of pyridine rings is 1. The Morgan fingerprint density at radius 2 is 1.95 bits per heavy atom. The second kappa shape index (κ2) is 11.7. The molecule has 1 aromatic carbocycles. The maximum Gasteiger partial charge on any atom is 0.255 e. The molecule has 8 nitrogen and oxygen atoms in total. The lowest BCUT2D eigenvalue weighted by molar-refractivity contribution is 0.0964. The number of hydrogen-bond acceptors (Lipinski definition) is 7. The van der Waals surface area contributed by atoms with Crippen LogP contribution in [0.5, 0.6) is 0 Å². The van der Waals surface area contributed by atoms with E-state index in [1.54, 1.807) is 18.6 Å². The van der Waals surface area contributed by atoms with Crippen LogP contribution in [-0.4, -0.2) is 63.9 Å². The monoisotopic (exact) mass is 535 g/mol. The van der Waals surface area contributed by atoms with E-state index in [0.29, 0.717) is 17.6 Å². The van der Waals surface area contributed by atoms with Crippen LogP contribution in [0.3, 0.4) is 0 Å². The fourth-order valence-corrected chi connectivity index (χ4v) is 5.91. The van der Waals surface area contributed by atoms with Gasteiger partial charge in [0.15, 0.2) is 0 Å². The predicted octanol–water partition coefficient (Wildman–Crippen LogP) is 4.81. The number of benzene rings is 1. The van der Waals surface area contributed by atoms with E-state index in [1.165, 1.54) is 24.0 Å². The Labute approximate surface area is 236 Å². The Balaban J connectivity index is 1.14. The topological polar surface area (TPSA) is 86.3 Å². The number of hydrogen-bond donors (Lipinski definition) is 2. The number of carbonyl (C=O) groups excluding carboxylic acids is 1. The average molecular weight is 536 g/mol. The molecule has 1 aliphatic heterocycles. The minimum atomic E-state index is -0.0734. The molecule has 40 heavy (non-hydrogen) atoms. The van der Waals surface area contributed by atoms with Gasteiger partial charge in [0.05, 0.1) is 5.69 Å². The Kier molecular flexibility index (Phi) is 7.71. The van der Waals surface area contributed by atoms with Gasteiger partial charge < -0.3 is 15.5 Å². The molecular weight excluding hydrogens is 498 g/mol. The van der Waals surface area contributed by atoms with Crippen LogP contribution in [-0.2, 0) is 6.42 Å². The molecule has 6 rings (SSSR count). The molecule has 2 aromatic heterocycles. The highest BCUT2D eigenvalue weighted by molar-refractivity contribution is 5.96. The number of nitrogens with zero attached hydrogens (tertiary/aromatic N) is 5. The van der Waals surface area contributed by atoms with Crippen LogP contribution < -0.4 is 10.6 Å². The van der Waals surface area contributed by atoms with Crippen LogP contribution in [0.4, 0.5) is 5.95 Å². The zero-order valence-corrected chi connectivity index (χ0v) is 23.3. The van der Waals surface area contributed by atoms with Crippen LogP contribution in [0.2, 0.25) is 0 Å². The zero-order chi connectivity index (χ0) is 27.5. The fourth-order valence-electron chi connectivity index (χ4n) is 5.91. The summed E-state index contributed by atoms with van der Waals surface area (Å²) in [7, 11) is 2.20. The van der Waals surface area contributed by atoms with Gasteiger partial charge in [-0.2, -0.15) is 0 Å². The number of aromatic nitrogens is 3. The van der Waals surface area contributed by atoms with E-state index in [4.69, 9.17) is 0 Å². The first-order chi connectivity index (χ1) is 19.5. The number of piperazine rings is 1. The van der Waals surface area contributed by atoms with Crippen molar-refractivity contribution in [3.05, 3.63) is 95.2 Å². The van der Waals surface area contributed by atoms with Gasteiger partial charge in [0.1, 0.15) is 0 Å². The van der Waals surface area contributed by atoms with Crippen LogP contribution in [0, 0.1) is 5.92 Å². The third kappa shape index (κ3) is 5.83. The molecule has 1 amide bonds. The van der Waals surface area contributed by atoms with Crippen molar-refractivity contribution >= 4 is 11.9 Å². The summed E-state index contributed by atoms with van der Waals surface area (Å²) >= 11 is 0. The van der Waals surface area contributed by atoms with Crippen molar-refractivity contribution in [2.24, 2.45) is 5.92 Å². The third-order valence-electron chi connectivity index (χ3n) is 8.33. The number of amides is 1. The highest BCUT2D eigenvalue weighted by atomic mass is 16.1. The molecule has 2 N–H and O–H groups in total. The van der Waals surface area contributed by atoms with E-state index in [1.807, 2.05) is 30.3 Å². The largest absolute Gasteiger partial charge is 0.328 e. The minimum Gasteiger partial charge on any atom is -0.328 e. The smallest absolute Gasteiger partial charge is 0.255 e. The van der Waals surface area contributed by atoms with Gasteiger partial charge in [0, 0.05) is 73.3 Å². The molecule has 206 valence electrons. The number of anilines is 1. The summed E-state index contributed by atoms with van der Waals surface area (Å²) in [5, 5.41) is 6.52. The minimum absolute atomic E-state index is 0.0734. The summed E-state index contributed by atoms with van der Waals surface area (Å²) in [6.07, 6.45) is 13.6. The lowest BCUT2D eigenvalue weighted by Crippen LogP contribution is -2.46. The van der Waals surface area contributed by atoms with Gasteiger partial charge in [0.2, 0.25) is 5.95 Å². The van der Waals surface area contributed by atoms with Crippen molar-refractivity contribution in [3.8, 4) is 11.3 Å². The molecular formula is C32H37N7O. The van der Waals surface area contributed by atoms with E-state index >= 15 is 0 Å². The highest BCUT2D eigenvalue weighted by Crippen LogP contribution is 2.35. The Morgan fingerprint density at radius 1 is 1.07 bits per heavy atom. The van der Waals surface area contributed by atoms with Gasteiger partial charge in [-0.1, -0.05) is 19.1 Å². The summed E-state index contributed by atoms with van der Waals surface area (Å²) in [6, 6.07) is 12.5. The summed E-state index contributed by atoms with van der Waals surface area (Å²) < 4.78 is 0. The van der Waals surface area contributed by atoms with Gasteiger partial charge in [-0.25, -0.2) is 9.97 Å². The standard InChI is InChI=1S/C32H37N7O/c1-22-8-10-26(20-29(22)37-32-34-14-12-28(36-32)25-6-4-13-33-21-25)35-31(40)24-9-11-27-23(19-24)5-3-7-30(27)39-17-15-38(2)16-18-39/h4,6,9-14,19-22,30H,3,5,7-8,15-18H2,1-2H3,(H,35,40)(H,34,36,37). The molecule has 1 fully saturated rings.